The van der Waals surface area contributed by atoms with Crippen LogP contribution in [0.2, 0.25) is 0 Å². The van der Waals surface area contributed by atoms with E-state index in [9.17, 15) is 17.2 Å². The lowest BCUT2D eigenvalue weighted by Gasteiger charge is -2.35. The molecule has 1 aliphatic rings. The van der Waals surface area contributed by atoms with Gasteiger partial charge in [0.15, 0.2) is 0 Å². The van der Waals surface area contributed by atoms with Crippen LogP contribution in [0.25, 0.3) is 0 Å². The Kier molecular flexibility index (Phi) is 4.91. The normalized spacial score (nSPS) is 16.0. The molecule has 2 aromatic carbocycles. The largest absolute Gasteiger partial charge is 0.497 e. The number of sulfonamides is 1. The van der Waals surface area contributed by atoms with E-state index in [2.05, 4.69) is 0 Å². The number of anilines is 1. The van der Waals surface area contributed by atoms with Crippen molar-refractivity contribution in [1.29, 1.82) is 0 Å². The summed E-state index contributed by atoms with van der Waals surface area (Å²) in [5, 5.41) is 0. The molecule has 2 aromatic rings. The summed E-state index contributed by atoms with van der Waals surface area (Å²) in [5.74, 6) is -0.705. The molecule has 1 fully saturated rings. The minimum atomic E-state index is -3.61. The Bertz CT molecular complexity index is 849. The highest BCUT2D eigenvalue weighted by Gasteiger charge is 2.29. The van der Waals surface area contributed by atoms with E-state index in [1.165, 1.54) is 35.7 Å². The van der Waals surface area contributed by atoms with E-state index in [4.69, 9.17) is 4.74 Å². The summed E-state index contributed by atoms with van der Waals surface area (Å²) in [4.78, 5) is 1.91. The quantitative estimate of drug-likeness (QED) is 0.832. The molecule has 0 saturated carbocycles. The first-order valence-corrected chi connectivity index (χ1v) is 9.20. The molecule has 0 amide bonds. The molecule has 0 N–H and O–H groups in total. The molecule has 134 valence electrons. The molecule has 0 radical (unpaired) electrons. The van der Waals surface area contributed by atoms with Gasteiger partial charge in [0.1, 0.15) is 17.4 Å². The van der Waals surface area contributed by atoms with Gasteiger partial charge in [-0.15, -0.1) is 0 Å². The van der Waals surface area contributed by atoms with Crippen LogP contribution in [0.5, 0.6) is 5.75 Å². The van der Waals surface area contributed by atoms with Crippen molar-refractivity contribution in [2.24, 2.45) is 0 Å². The van der Waals surface area contributed by atoms with Crippen LogP contribution in [-0.2, 0) is 10.0 Å². The minimum absolute atomic E-state index is 0.190. The van der Waals surface area contributed by atoms with E-state index in [1.807, 2.05) is 0 Å². The van der Waals surface area contributed by atoms with Crippen molar-refractivity contribution >= 4 is 15.7 Å². The molecule has 0 spiro atoms. The second-order valence-electron chi connectivity index (χ2n) is 5.66. The Balaban J connectivity index is 1.72. The summed E-state index contributed by atoms with van der Waals surface area (Å²) in [5.41, 5.74) is 0.280. The van der Waals surface area contributed by atoms with Crippen molar-refractivity contribution in [3.8, 4) is 5.75 Å². The van der Waals surface area contributed by atoms with E-state index in [1.54, 1.807) is 17.0 Å². The van der Waals surface area contributed by atoms with Gasteiger partial charge in [-0.3, -0.25) is 0 Å². The summed E-state index contributed by atoms with van der Waals surface area (Å²) in [6.07, 6.45) is 0. The molecule has 1 heterocycles. The Morgan fingerprint density at radius 1 is 0.960 bits per heavy atom. The van der Waals surface area contributed by atoms with Gasteiger partial charge in [-0.2, -0.15) is 4.31 Å². The number of hydrogen-bond donors (Lipinski definition) is 0. The highest BCUT2D eigenvalue weighted by Crippen LogP contribution is 2.24. The summed E-state index contributed by atoms with van der Waals surface area (Å²) in [6, 6.07) is 9.58. The molecule has 0 aromatic heterocycles. The van der Waals surface area contributed by atoms with E-state index in [0.717, 1.165) is 6.07 Å². The van der Waals surface area contributed by atoms with Crippen molar-refractivity contribution < 1.29 is 21.9 Å². The average Bonchev–Trinajstić information content (AvgIpc) is 2.62. The molecule has 8 heteroatoms. The molecule has 0 bridgehead atoms. The molecule has 0 aliphatic carbocycles. The zero-order chi connectivity index (χ0) is 18.0. The highest BCUT2D eigenvalue weighted by molar-refractivity contribution is 7.89. The van der Waals surface area contributed by atoms with Crippen LogP contribution in [0.3, 0.4) is 0 Å². The van der Waals surface area contributed by atoms with E-state index in [-0.39, 0.29) is 23.7 Å². The molecule has 0 atom stereocenters. The van der Waals surface area contributed by atoms with Gasteiger partial charge in [0, 0.05) is 32.2 Å². The van der Waals surface area contributed by atoms with Crippen LogP contribution in [0.15, 0.2) is 47.4 Å². The van der Waals surface area contributed by atoms with Gasteiger partial charge in [0.2, 0.25) is 10.0 Å². The van der Waals surface area contributed by atoms with Gasteiger partial charge in [0.05, 0.1) is 17.7 Å². The fourth-order valence-electron chi connectivity index (χ4n) is 2.80. The lowest BCUT2D eigenvalue weighted by atomic mass is 10.2. The predicted molar refractivity (Wildman–Crippen MR) is 90.3 cm³/mol. The maximum atomic E-state index is 13.9. The first-order chi connectivity index (χ1) is 11.9. The maximum absolute atomic E-state index is 13.9. The number of nitrogens with zero attached hydrogens (tertiary/aromatic N) is 2. The van der Waals surface area contributed by atoms with Crippen LogP contribution in [0, 0.1) is 11.6 Å². The van der Waals surface area contributed by atoms with Crippen LogP contribution in [0.1, 0.15) is 0 Å². The molecule has 0 unspecified atom stereocenters. The van der Waals surface area contributed by atoms with Crippen molar-refractivity contribution in [2.75, 3.05) is 38.2 Å². The van der Waals surface area contributed by atoms with Crippen LogP contribution in [0.4, 0.5) is 14.5 Å². The van der Waals surface area contributed by atoms with Gasteiger partial charge in [-0.05, 0) is 36.4 Å². The number of benzene rings is 2. The summed E-state index contributed by atoms with van der Waals surface area (Å²) < 4.78 is 58.7. The lowest BCUT2D eigenvalue weighted by molar-refractivity contribution is 0.382. The summed E-state index contributed by atoms with van der Waals surface area (Å²) in [6.45, 7) is 1.12. The van der Waals surface area contributed by atoms with Crippen LogP contribution < -0.4 is 9.64 Å². The maximum Gasteiger partial charge on any atom is 0.243 e. The first kappa shape index (κ1) is 17.6. The monoisotopic (exact) mass is 368 g/mol. The zero-order valence-electron chi connectivity index (χ0n) is 13.7. The first-order valence-electron chi connectivity index (χ1n) is 7.76. The second kappa shape index (κ2) is 6.97. The Morgan fingerprint density at radius 2 is 1.60 bits per heavy atom. The van der Waals surface area contributed by atoms with Gasteiger partial charge >= 0.3 is 0 Å². The Labute approximate surface area is 145 Å². The third kappa shape index (κ3) is 3.59. The minimum Gasteiger partial charge on any atom is -0.497 e. The zero-order valence-corrected chi connectivity index (χ0v) is 14.5. The van der Waals surface area contributed by atoms with Crippen LogP contribution in [-0.4, -0.2) is 46.0 Å². The van der Waals surface area contributed by atoms with E-state index in [0.29, 0.717) is 18.8 Å². The molecular formula is C17H18F2N2O3S. The Hall–Kier alpha value is -2.19. The standard InChI is InChI=1S/C17H18F2N2O3S/c1-24-14-3-5-15(6-4-14)25(22,23)21-10-8-20(9-11-21)17-7-2-13(18)12-16(17)19/h2-7,12H,8-11H2,1H3. The van der Waals surface area contributed by atoms with Gasteiger partial charge in [-0.1, -0.05) is 0 Å². The topological polar surface area (TPSA) is 49.9 Å². The number of halogens is 2. The third-order valence-corrected chi connectivity index (χ3v) is 6.10. The van der Waals surface area contributed by atoms with Gasteiger partial charge < -0.3 is 9.64 Å². The fraction of sp³-hybridized carbons (Fsp3) is 0.294. The molecular weight excluding hydrogens is 350 g/mol. The number of ether oxygens (including phenoxy) is 1. The number of methoxy groups -OCH3 is 1. The Morgan fingerprint density at radius 3 is 2.16 bits per heavy atom. The molecule has 5 nitrogen and oxygen atoms in total. The predicted octanol–water partition coefficient (Wildman–Crippen LogP) is 2.48. The molecule has 1 saturated heterocycles. The smallest absolute Gasteiger partial charge is 0.243 e. The van der Waals surface area contributed by atoms with Crippen molar-refractivity contribution in [2.45, 2.75) is 4.90 Å². The second-order valence-corrected chi connectivity index (χ2v) is 7.60. The van der Waals surface area contributed by atoms with Crippen LogP contribution >= 0.6 is 0 Å². The number of hydrogen-bond acceptors (Lipinski definition) is 4. The highest BCUT2D eigenvalue weighted by atomic mass is 32.2. The number of rotatable bonds is 4. The molecule has 25 heavy (non-hydrogen) atoms. The molecule has 1 aliphatic heterocycles. The van der Waals surface area contributed by atoms with E-state index < -0.39 is 21.7 Å². The molecule has 3 rings (SSSR count). The van der Waals surface area contributed by atoms with Crippen molar-refractivity contribution in [1.82, 2.24) is 4.31 Å². The van der Waals surface area contributed by atoms with Crippen molar-refractivity contribution in [3.05, 3.63) is 54.1 Å². The van der Waals surface area contributed by atoms with Gasteiger partial charge in [-0.25, -0.2) is 17.2 Å². The lowest BCUT2D eigenvalue weighted by Crippen LogP contribution is -2.48. The van der Waals surface area contributed by atoms with Gasteiger partial charge in [0.25, 0.3) is 0 Å². The van der Waals surface area contributed by atoms with E-state index >= 15 is 0 Å². The fourth-order valence-corrected chi connectivity index (χ4v) is 4.23. The van der Waals surface area contributed by atoms with Crippen molar-refractivity contribution in [3.63, 3.8) is 0 Å². The SMILES string of the molecule is COc1ccc(S(=O)(=O)N2CCN(c3ccc(F)cc3F)CC2)cc1. The summed E-state index contributed by atoms with van der Waals surface area (Å²) in [7, 11) is -2.10. The average molecular weight is 368 g/mol. The third-order valence-electron chi connectivity index (χ3n) is 4.19. The number of piperazine rings is 1. The summed E-state index contributed by atoms with van der Waals surface area (Å²) >= 11 is 0.